The number of allylic oxidation sites excluding steroid dienone is 4. The monoisotopic (exact) mass is 946 g/mol. The van der Waals surface area contributed by atoms with E-state index in [1.54, 1.807) is 11.1 Å². The molecule has 8 aromatic rings. The highest BCUT2D eigenvalue weighted by Gasteiger charge is 2.42. The number of aromatic nitrogens is 4. The Kier molecular flexibility index (Phi) is 14.0. The second-order valence-electron chi connectivity index (χ2n) is 21.9. The smallest absolute Gasteiger partial charge is 0.295 e. The molecule has 12 rings (SSSR count). The van der Waals surface area contributed by atoms with E-state index in [0.29, 0.717) is 29.7 Å². The van der Waals surface area contributed by atoms with Crippen LogP contribution in [-0.4, -0.2) is 14.1 Å². The summed E-state index contributed by atoms with van der Waals surface area (Å²) in [7, 11) is 0. The van der Waals surface area contributed by atoms with E-state index < -0.39 is 0 Å². The van der Waals surface area contributed by atoms with E-state index in [4.69, 9.17) is 4.98 Å². The normalized spacial score (nSPS) is 19.0. The van der Waals surface area contributed by atoms with E-state index in [-0.39, 0.29) is 0 Å². The topological polar surface area (TPSA) is 26.6 Å². The molecule has 0 N–H and O–H groups in total. The number of hydrogen-bond acceptors (Lipinski definition) is 1. The van der Waals surface area contributed by atoms with Crippen LogP contribution in [0.5, 0.6) is 0 Å². The second-order valence-corrected chi connectivity index (χ2v) is 21.9. The molecule has 6 aromatic carbocycles. The zero-order valence-corrected chi connectivity index (χ0v) is 43.4. The van der Waals surface area contributed by atoms with Gasteiger partial charge in [-0.1, -0.05) is 217 Å². The fraction of sp³-hybridized carbons (Fsp3) is 0.324. The molecule has 1 aliphatic heterocycles. The number of aryl methyl sites for hydroxylation is 1. The third kappa shape index (κ3) is 9.30. The third-order valence-electron chi connectivity index (χ3n) is 16.9. The Morgan fingerprint density at radius 2 is 1.22 bits per heavy atom. The van der Waals surface area contributed by atoms with Crippen molar-refractivity contribution in [3.63, 3.8) is 0 Å². The highest BCUT2D eigenvalue weighted by Crippen LogP contribution is 2.48. The van der Waals surface area contributed by atoms with Gasteiger partial charge in [0.15, 0.2) is 0 Å². The molecule has 2 aromatic heterocycles. The fourth-order valence-electron chi connectivity index (χ4n) is 12.7. The van der Waals surface area contributed by atoms with Gasteiger partial charge in [-0.3, -0.25) is 4.57 Å². The number of para-hydroxylation sites is 1. The number of imidazole rings is 2. The lowest BCUT2D eigenvalue weighted by atomic mass is 9.74. The van der Waals surface area contributed by atoms with Gasteiger partial charge in [0.05, 0.1) is 11.3 Å². The van der Waals surface area contributed by atoms with Gasteiger partial charge in [0, 0.05) is 40.6 Å². The van der Waals surface area contributed by atoms with Crippen LogP contribution in [-0.2, 0) is 0 Å². The number of nitrogens with zero attached hydrogens (tertiary/aromatic N) is 4. The Hall–Kier alpha value is -6.78. The molecule has 0 amide bonds. The summed E-state index contributed by atoms with van der Waals surface area (Å²) in [5, 5.41) is 0. The highest BCUT2D eigenvalue weighted by atomic mass is 15.2. The Morgan fingerprint density at radius 1 is 0.556 bits per heavy atom. The van der Waals surface area contributed by atoms with Gasteiger partial charge < -0.3 is 0 Å². The summed E-state index contributed by atoms with van der Waals surface area (Å²) in [5.41, 5.74) is 18.9. The maximum atomic E-state index is 4.92. The standard InChI is InChI=1S/C34H33N2.C34H40N2/c1-23(2)25(4)32-30-13-8-9-14-31(30)34-35(32)21-22-36(34)33-28(26-11-6-5-7-12-26)15-10-16-29(33)27-19-17-24(3)18-20-27;1-25-17-19-27(20-18-25)31-22-21-30(26-11-5-2-6-12-26)32(28-13-7-3-8-14-28)33(31)36-24-23-35-34(36)29-15-9-4-10-16-29/h5-23,25,32H,1-4H3;4-5,9-12,15-16,21-25,27-28H,2-3,6-8,13-14,17-20H2,1H3/q+1;/t25-,32-;/m0./s1. The molecule has 4 heteroatoms. The van der Waals surface area contributed by atoms with Crippen LogP contribution in [0, 0.1) is 24.7 Å². The van der Waals surface area contributed by atoms with Crippen LogP contribution < -0.4 is 4.57 Å². The van der Waals surface area contributed by atoms with Gasteiger partial charge in [-0.25, -0.2) is 9.55 Å². The minimum atomic E-state index is 0.337. The van der Waals surface area contributed by atoms with Crippen LogP contribution in [0.25, 0.3) is 62.0 Å². The third-order valence-corrected chi connectivity index (χ3v) is 16.9. The maximum Gasteiger partial charge on any atom is 0.295 e. The lowest BCUT2D eigenvalue weighted by Crippen LogP contribution is -2.41. The van der Waals surface area contributed by atoms with E-state index >= 15 is 0 Å². The minimum Gasteiger partial charge on any atom is -0.299 e. The summed E-state index contributed by atoms with van der Waals surface area (Å²) < 4.78 is 7.41. The first-order chi connectivity index (χ1) is 35.3. The van der Waals surface area contributed by atoms with Crippen molar-refractivity contribution in [2.24, 2.45) is 17.8 Å². The molecule has 364 valence electrons. The molecule has 2 atom stereocenters. The number of rotatable bonds is 10. The number of benzene rings is 6. The summed E-state index contributed by atoms with van der Waals surface area (Å²) in [6, 6.07) is 51.5. The maximum absolute atomic E-state index is 4.92. The summed E-state index contributed by atoms with van der Waals surface area (Å²) >= 11 is 0. The van der Waals surface area contributed by atoms with Crippen molar-refractivity contribution < 1.29 is 4.57 Å². The summed E-state index contributed by atoms with van der Waals surface area (Å²) in [5.74, 6) is 5.55. The summed E-state index contributed by atoms with van der Waals surface area (Å²) in [6.45, 7) is 11.6. The number of fused-ring (bicyclic) bond motifs is 3. The van der Waals surface area contributed by atoms with Gasteiger partial charge in [-0.2, -0.15) is 4.57 Å². The Labute approximate surface area is 429 Å². The van der Waals surface area contributed by atoms with Gasteiger partial charge >= 0.3 is 0 Å². The van der Waals surface area contributed by atoms with Crippen molar-refractivity contribution in [1.29, 1.82) is 0 Å². The predicted octanol–water partition coefficient (Wildman–Crippen LogP) is 17.9. The molecular formula is C68H73N4+. The molecule has 3 heterocycles. The van der Waals surface area contributed by atoms with Crippen LogP contribution in [0.3, 0.4) is 0 Å². The molecule has 2 saturated carbocycles. The first-order valence-corrected chi connectivity index (χ1v) is 27.4. The SMILES string of the molecule is CC1CCC(c2ccc(C3=CCCC=C3)c(C3CCCCC3)c2-n2ccnc2-c2ccccc2)CC1.Cc1ccc(-c2cccc(-c3ccccc3)c2-n2cc[n+]3c2-c2ccccc2[C@@H]3[C@@H](C)C(C)C)cc1. The Morgan fingerprint density at radius 3 is 1.92 bits per heavy atom. The molecule has 0 bridgehead atoms. The van der Waals surface area contributed by atoms with Crippen LogP contribution in [0.4, 0.5) is 0 Å². The lowest BCUT2D eigenvalue weighted by Gasteiger charge is -2.33. The van der Waals surface area contributed by atoms with Crippen molar-refractivity contribution in [2.75, 3.05) is 0 Å². The van der Waals surface area contributed by atoms with Gasteiger partial charge in [-0.05, 0) is 109 Å². The molecule has 4 nitrogen and oxygen atoms in total. The summed E-state index contributed by atoms with van der Waals surface area (Å²) in [4.78, 5) is 4.92. The molecule has 0 saturated heterocycles. The van der Waals surface area contributed by atoms with Gasteiger partial charge in [0.2, 0.25) is 0 Å². The van der Waals surface area contributed by atoms with E-state index in [0.717, 1.165) is 24.6 Å². The first-order valence-electron chi connectivity index (χ1n) is 27.4. The fourth-order valence-corrected chi connectivity index (χ4v) is 12.7. The van der Waals surface area contributed by atoms with Crippen molar-refractivity contribution in [3.8, 4) is 56.4 Å². The molecule has 2 fully saturated rings. The van der Waals surface area contributed by atoms with Crippen molar-refractivity contribution in [3.05, 3.63) is 210 Å². The summed E-state index contributed by atoms with van der Waals surface area (Å²) in [6.07, 6.45) is 30.3. The van der Waals surface area contributed by atoms with E-state index in [9.17, 15) is 0 Å². The van der Waals surface area contributed by atoms with E-state index in [1.165, 1.54) is 131 Å². The van der Waals surface area contributed by atoms with Crippen LogP contribution in [0.2, 0.25) is 0 Å². The van der Waals surface area contributed by atoms with Crippen molar-refractivity contribution in [1.82, 2.24) is 14.1 Å². The Bertz CT molecular complexity index is 3190. The lowest BCUT2D eigenvalue weighted by molar-refractivity contribution is -0.704. The molecular weight excluding hydrogens is 873 g/mol. The van der Waals surface area contributed by atoms with Crippen LogP contribution in [0.15, 0.2) is 183 Å². The predicted molar refractivity (Wildman–Crippen MR) is 301 cm³/mol. The molecule has 72 heavy (non-hydrogen) atoms. The van der Waals surface area contributed by atoms with Crippen LogP contribution >= 0.6 is 0 Å². The van der Waals surface area contributed by atoms with E-state index in [1.807, 2.05) is 6.20 Å². The first kappa shape index (κ1) is 47.5. The molecule has 3 aliphatic carbocycles. The van der Waals surface area contributed by atoms with Crippen LogP contribution in [0.1, 0.15) is 144 Å². The average molecular weight is 946 g/mol. The van der Waals surface area contributed by atoms with Gasteiger partial charge in [0.1, 0.15) is 29.9 Å². The second kappa shape index (κ2) is 21.1. The molecule has 0 spiro atoms. The highest BCUT2D eigenvalue weighted by molar-refractivity contribution is 5.87. The van der Waals surface area contributed by atoms with E-state index in [2.05, 4.69) is 225 Å². The van der Waals surface area contributed by atoms with Gasteiger partial charge in [-0.15, -0.1) is 0 Å². The van der Waals surface area contributed by atoms with Crippen molar-refractivity contribution >= 4 is 5.57 Å². The quantitative estimate of drug-likeness (QED) is 0.126. The molecule has 0 unspecified atom stereocenters. The zero-order valence-electron chi connectivity index (χ0n) is 43.4. The molecule has 0 radical (unpaired) electrons. The van der Waals surface area contributed by atoms with Crippen molar-refractivity contribution in [2.45, 2.75) is 123 Å². The largest absolute Gasteiger partial charge is 0.299 e. The average Bonchev–Trinajstić information content (AvgIpc) is 4.18. The number of hydrogen-bond donors (Lipinski definition) is 0. The molecule has 4 aliphatic rings. The zero-order chi connectivity index (χ0) is 49.1. The minimum absolute atomic E-state index is 0.337. The van der Waals surface area contributed by atoms with Gasteiger partial charge in [0.25, 0.3) is 5.82 Å². The Balaban J connectivity index is 0.000000156.